The van der Waals surface area contributed by atoms with Gasteiger partial charge in [-0.1, -0.05) is 0 Å². The molecular weight excluding hydrogens is 326 g/mol. The van der Waals surface area contributed by atoms with E-state index in [1.807, 2.05) is 24.3 Å². The van der Waals surface area contributed by atoms with Gasteiger partial charge in [0.2, 0.25) is 0 Å². The second-order valence-electron chi connectivity index (χ2n) is 6.41. The van der Waals surface area contributed by atoms with E-state index in [1.54, 1.807) is 0 Å². The summed E-state index contributed by atoms with van der Waals surface area (Å²) in [7, 11) is 0. The zero-order chi connectivity index (χ0) is 18.4. The monoisotopic (exact) mass is 353 g/mol. The van der Waals surface area contributed by atoms with E-state index < -0.39 is 0 Å². The van der Waals surface area contributed by atoms with Gasteiger partial charge in [0, 0.05) is 42.4 Å². The molecule has 0 aliphatic carbocycles. The van der Waals surface area contributed by atoms with Crippen LogP contribution in [0.4, 0.5) is 22.7 Å². The lowest BCUT2D eigenvalue weighted by Gasteiger charge is -2.21. The Morgan fingerprint density at radius 3 is 2.12 bits per heavy atom. The van der Waals surface area contributed by atoms with Crippen molar-refractivity contribution in [2.45, 2.75) is 32.8 Å². The van der Waals surface area contributed by atoms with Crippen molar-refractivity contribution in [3.8, 4) is 0 Å². The Morgan fingerprint density at radius 1 is 1.00 bits per heavy atom. The molecule has 26 heavy (non-hydrogen) atoms. The molecule has 1 aliphatic rings. The fraction of sp³-hybridized carbons (Fsp3) is 0.381. The molecule has 3 rings (SSSR count). The average molecular weight is 353 g/mol. The van der Waals surface area contributed by atoms with Gasteiger partial charge in [-0.15, -0.1) is 0 Å². The number of anilines is 4. The van der Waals surface area contributed by atoms with Crippen molar-refractivity contribution in [2.24, 2.45) is 0 Å². The smallest absolute Gasteiger partial charge is 0.253 e. The molecule has 138 valence electrons. The Kier molecular flexibility index (Phi) is 6.12. The number of carbonyl (C=O) groups is 1. The van der Waals surface area contributed by atoms with Crippen molar-refractivity contribution < 1.29 is 9.53 Å². The van der Waals surface area contributed by atoms with Gasteiger partial charge in [-0.25, -0.2) is 0 Å². The molecule has 0 spiro atoms. The first kappa shape index (κ1) is 18.3. The molecule has 1 fully saturated rings. The molecule has 2 aromatic rings. The average Bonchev–Trinajstić information content (AvgIpc) is 3.21. The Hall–Kier alpha value is -2.53. The van der Waals surface area contributed by atoms with Gasteiger partial charge in [0.05, 0.1) is 0 Å². The Morgan fingerprint density at radius 2 is 1.58 bits per heavy atom. The number of carbonyl (C=O) groups excluding carboxylic acids is 1. The summed E-state index contributed by atoms with van der Waals surface area (Å²) < 4.78 is 5.40. The highest BCUT2D eigenvalue weighted by Crippen LogP contribution is 2.23. The van der Waals surface area contributed by atoms with E-state index >= 15 is 0 Å². The van der Waals surface area contributed by atoms with Gasteiger partial charge in [0.25, 0.3) is 5.91 Å². The molecule has 2 aromatic carbocycles. The maximum absolute atomic E-state index is 12.1. The normalized spacial score (nSPS) is 16.3. The van der Waals surface area contributed by atoms with Gasteiger partial charge >= 0.3 is 0 Å². The van der Waals surface area contributed by atoms with Crippen LogP contribution >= 0.6 is 0 Å². The van der Waals surface area contributed by atoms with Crippen LogP contribution in [0.15, 0.2) is 48.5 Å². The molecule has 1 atom stereocenters. The highest BCUT2D eigenvalue weighted by molar-refractivity contribution is 5.94. The first-order valence-corrected chi connectivity index (χ1v) is 9.34. The second kappa shape index (κ2) is 8.72. The van der Waals surface area contributed by atoms with Gasteiger partial charge in [0.1, 0.15) is 6.10 Å². The fourth-order valence-corrected chi connectivity index (χ4v) is 3.16. The predicted molar refractivity (Wildman–Crippen MR) is 107 cm³/mol. The molecule has 0 aromatic heterocycles. The number of benzene rings is 2. The van der Waals surface area contributed by atoms with Crippen LogP contribution in [0.2, 0.25) is 0 Å². The SMILES string of the molecule is CCN(CC)c1ccc(Nc2ccc(NC(=O)C3CCCO3)cc2)cc1. The van der Waals surface area contributed by atoms with Crippen LogP contribution in [-0.2, 0) is 9.53 Å². The first-order valence-electron chi connectivity index (χ1n) is 9.34. The summed E-state index contributed by atoms with van der Waals surface area (Å²) in [6.45, 7) is 7.00. The van der Waals surface area contributed by atoms with Crippen LogP contribution in [0.3, 0.4) is 0 Å². The molecule has 0 bridgehead atoms. The molecule has 1 saturated heterocycles. The van der Waals surface area contributed by atoms with E-state index in [4.69, 9.17) is 4.74 Å². The number of hydrogen-bond acceptors (Lipinski definition) is 4. The van der Waals surface area contributed by atoms with E-state index in [9.17, 15) is 4.79 Å². The molecule has 5 nitrogen and oxygen atoms in total. The van der Waals surface area contributed by atoms with Crippen LogP contribution < -0.4 is 15.5 Å². The Labute approximate surface area is 155 Å². The van der Waals surface area contributed by atoms with E-state index in [-0.39, 0.29) is 12.0 Å². The second-order valence-corrected chi connectivity index (χ2v) is 6.41. The lowest BCUT2D eigenvalue weighted by Crippen LogP contribution is -2.26. The summed E-state index contributed by atoms with van der Waals surface area (Å²) in [5.41, 5.74) is 4.04. The fourth-order valence-electron chi connectivity index (χ4n) is 3.16. The van der Waals surface area contributed by atoms with E-state index in [2.05, 4.69) is 53.6 Å². The minimum atomic E-state index is -0.308. The summed E-state index contributed by atoms with van der Waals surface area (Å²) >= 11 is 0. The molecule has 0 saturated carbocycles. The van der Waals surface area contributed by atoms with Gasteiger partial charge in [0.15, 0.2) is 0 Å². The largest absolute Gasteiger partial charge is 0.372 e. The molecule has 1 heterocycles. The highest BCUT2D eigenvalue weighted by atomic mass is 16.5. The third-order valence-electron chi connectivity index (χ3n) is 4.66. The zero-order valence-electron chi connectivity index (χ0n) is 15.5. The lowest BCUT2D eigenvalue weighted by atomic mass is 10.2. The summed E-state index contributed by atoms with van der Waals surface area (Å²) in [5.74, 6) is -0.0600. The summed E-state index contributed by atoms with van der Waals surface area (Å²) in [5, 5.41) is 6.30. The third kappa shape index (κ3) is 4.55. The van der Waals surface area contributed by atoms with Gasteiger partial charge in [-0.2, -0.15) is 0 Å². The Balaban J connectivity index is 1.57. The maximum Gasteiger partial charge on any atom is 0.253 e. The predicted octanol–water partition coefficient (Wildman–Crippen LogP) is 4.39. The third-order valence-corrected chi connectivity index (χ3v) is 4.66. The van der Waals surface area contributed by atoms with Gasteiger partial charge < -0.3 is 20.3 Å². The van der Waals surface area contributed by atoms with Crippen molar-refractivity contribution in [3.63, 3.8) is 0 Å². The quantitative estimate of drug-likeness (QED) is 0.775. The lowest BCUT2D eigenvalue weighted by molar-refractivity contribution is -0.124. The topological polar surface area (TPSA) is 53.6 Å². The van der Waals surface area contributed by atoms with Crippen molar-refractivity contribution in [1.29, 1.82) is 0 Å². The van der Waals surface area contributed by atoms with Crippen molar-refractivity contribution in [1.82, 2.24) is 0 Å². The number of nitrogens with one attached hydrogen (secondary N) is 2. The number of amides is 1. The van der Waals surface area contributed by atoms with Crippen LogP contribution in [0, 0.1) is 0 Å². The minimum Gasteiger partial charge on any atom is -0.372 e. The highest BCUT2D eigenvalue weighted by Gasteiger charge is 2.23. The Bertz CT molecular complexity index is 703. The van der Waals surface area contributed by atoms with Crippen LogP contribution in [-0.4, -0.2) is 31.7 Å². The first-order chi connectivity index (χ1) is 12.7. The molecular formula is C21H27N3O2. The van der Waals surface area contributed by atoms with Gasteiger partial charge in [-0.05, 0) is 75.2 Å². The number of ether oxygens (including phenoxy) is 1. The van der Waals surface area contributed by atoms with E-state index in [0.717, 1.165) is 43.0 Å². The van der Waals surface area contributed by atoms with Crippen LogP contribution in [0.25, 0.3) is 0 Å². The molecule has 2 N–H and O–H groups in total. The van der Waals surface area contributed by atoms with Crippen molar-refractivity contribution in [3.05, 3.63) is 48.5 Å². The summed E-state index contributed by atoms with van der Waals surface area (Å²) in [6, 6.07) is 16.2. The number of nitrogens with zero attached hydrogens (tertiary/aromatic N) is 1. The minimum absolute atomic E-state index is 0.0600. The maximum atomic E-state index is 12.1. The summed E-state index contributed by atoms with van der Waals surface area (Å²) in [4.78, 5) is 14.4. The molecule has 1 unspecified atom stereocenters. The van der Waals surface area contributed by atoms with Crippen LogP contribution in [0.1, 0.15) is 26.7 Å². The molecule has 0 radical (unpaired) electrons. The standard InChI is InChI=1S/C21H27N3O2/c1-3-24(4-2)19-13-11-17(12-14-19)22-16-7-9-18(10-8-16)23-21(25)20-6-5-15-26-20/h7-14,20,22H,3-6,15H2,1-2H3,(H,23,25). The van der Waals surface area contributed by atoms with E-state index in [1.165, 1.54) is 5.69 Å². The zero-order valence-corrected chi connectivity index (χ0v) is 15.5. The van der Waals surface area contributed by atoms with Gasteiger partial charge in [-0.3, -0.25) is 4.79 Å². The van der Waals surface area contributed by atoms with Crippen molar-refractivity contribution in [2.75, 3.05) is 35.2 Å². The molecule has 1 amide bonds. The number of rotatable bonds is 7. The molecule has 1 aliphatic heterocycles. The van der Waals surface area contributed by atoms with E-state index in [0.29, 0.717) is 6.61 Å². The number of hydrogen-bond donors (Lipinski definition) is 2. The van der Waals surface area contributed by atoms with Crippen LogP contribution in [0.5, 0.6) is 0 Å². The summed E-state index contributed by atoms with van der Waals surface area (Å²) in [6.07, 6.45) is 1.44. The van der Waals surface area contributed by atoms with Crippen molar-refractivity contribution >= 4 is 28.7 Å². The molecule has 5 heteroatoms.